The van der Waals surface area contributed by atoms with Gasteiger partial charge >= 0.3 is 0 Å². The van der Waals surface area contributed by atoms with Crippen molar-refractivity contribution in [2.24, 2.45) is 16.3 Å². The third-order valence-electron chi connectivity index (χ3n) is 3.37. The first-order chi connectivity index (χ1) is 8.60. The highest BCUT2D eigenvalue weighted by molar-refractivity contribution is 6.09. The van der Waals surface area contributed by atoms with Crippen LogP contribution in [0.15, 0.2) is 35.5 Å². The van der Waals surface area contributed by atoms with Crippen LogP contribution in [0.25, 0.3) is 0 Å². The van der Waals surface area contributed by atoms with Gasteiger partial charge in [-0.25, -0.2) is 0 Å². The highest BCUT2D eigenvalue weighted by Gasteiger charge is 2.55. The van der Waals surface area contributed by atoms with Crippen LogP contribution < -0.4 is 5.73 Å². The fourth-order valence-electron chi connectivity index (χ4n) is 2.09. The minimum atomic E-state index is -0.766. The quantitative estimate of drug-likeness (QED) is 0.363. The van der Waals surface area contributed by atoms with Gasteiger partial charge in [0.15, 0.2) is 5.84 Å². The predicted octanol–water partition coefficient (Wildman–Crippen LogP) is 1.17. The molecule has 1 aromatic rings. The summed E-state index contributed by atoms with van der Waals surface area (Å²) in [5.74, 6) is -0.0611. The maximum absolute atomic E-state index is 12.3. The van der Waals surface area contributed by atoms with Crippen molar-refractivity contribution in [3.8, 4) is 0 Å². The van der Waals surface area contributed by atoms with Crippen molar-refractivity contribution >= 4 is 11.7 Å². The number of hydrogen-bond donors (Lipinski definition) is 2. The molecule has 0 radical (unpaired) electrons. The molecule has 1 aliphatic rings. The van der Waals surface area contributed by atoms with Crippen molar-refractivity contribution < 1.29 is 10.0 Å². The number of nitrogens with two attached hydrogens (primary N) is 1. The third-order valence-corrected chi connectivity index (χ3v) is 3.37. The summed E-state index contributed by atoms with van der Waals surface area (Å²) in [5, 5.41) is 11.7. The van der Waals surface area contributed by atoms with Gasteiger partial charge in [-0.3, -0.25) is 4.79 Å². The van der Waals surface area contributed by atoms with E-state index in [-0.39, 0.29) is 11.7 Å². The Balaban J connectivity index is 2.06. The molecule has 0 bridgehead atoms. The molecule has 1 fully saturated rings. The highest BCUT2D eigenvalue weighted by atomic mass is 16.4. The number of benzene rings is 1. The largest absolute Gasteiger partial charge is 0.409 e. The zero-order valence-electron chi connectivity index (χ0n) is 10.3. The summed E-state index contributed by atoms with van der Waals surface area (Å²) in [5.41, 5.74) is 5.89. The molecule has 3 N–H and O–H groups in total. The molecule has 18 heavy (non-hydrogen) atoms. The molecule has 0 unspecified atom stereocenters. The third kappa shape index (κ3) is 2.16. The summed E-state index contributed by atoms with van der Waals surface area (Å²) in [6.07, 6.45) is 1.31. The number of carbonyl (C=O) groups is 1. The lowest BCUT2D eigenvalue weighted by Gasteiger charge is -2.22. The Kier molecular flexibility index (Phi) is 3.23. The molecule has 0 heterocycles. The fourth-order valence-corrected chi connectivity index (χ4v) is 2.09. The number of carbonyl (C=O) groups excluding carboxylic acids is 1. The van der Waals surface area contributed by atoms with E-state index < -0.39 is 5.41 Å². The monoisotopic (exact) mass is 247 g/mol. The van der Waals surface area contributed by atoms with E-state index in [1.54, 1.807) is 11.9 Å². The zero-order valence-corrected chi connectivity index (χ0v) is 10.3. The molecule has 5 nitrogen and oxygen atoms in total. The van der Waals surface area contributed by atoms with Crippen molar-refractivity contribution in [2.75, 3.05) is 7.05 Å². The lowest BCUT2D eigenvalue weighted by Crippen LogP contribution is -2.41. The number of oxime groups is 1. The molecule has 1 saturated carbocycles. The standard InChI is InChI=1S/C13H17N3O2/c1-16(9-10-5-3-2-4-6-10)12(17)13(7-8-13)11(14)15-18/h2-6,18H,7-9H2,1H3,(H2,14,15). The number of amides is 1. The normalized spacial score (nSPS) is 17.3. The lowest BCUT2D eigenvalue weighted by molar-refractivity contribution is -0.133. The van der Waals surface area contributed by atoms with Gasteiger partial charge in [0.05, 0.1) is 0 Å². The minimum Gasteiger partial charge on any atom is -0.409 e. The van der Waals surface area contributed by atoms with Crippen molar-refractivity contribution in [3.63, 3.8) is 0 Å². The van der Waals surface area contributed by atoms with Crippen LogP contribution in [0.3, 0.4) is 0 Å². The first-order valence-electron chi connectivity index (χ1n) is 5.87. The number of rotatable bonds is 4. The molecule has 1 aliphatic carbocycles. The van der Waals surface area contributed by atoms with Crippen molar-refractivity contribution in [2.45, 2.75) is 19.4 Å². The van der Waals surface area contributed by atoms with Gasteiger partial charge in [0, 0.05) is 13.6 Å². The summed E-state index contributed by atoms with van der Waals surface area (Å²) >= 11 is 0. The first kappa shape index (κ1) is 12.4. The second-order valence-electron chi connectivity index (χ2n) is 4.71. The van der Waals surface area contributed by atoms with Crippen LogP contribution in [-0.2, 0) is 11.3 Å². The van der Waals surface area contributed by atoms with Crippen LogP contribution >= 0.6 is 0 Å². The van der Waals surface area contributed by atoms with Crippen molar-refractivity contribution in [1.82, 2.24) is 4.90 Å². The van der Waals surface area contributed by atoms with E-state index in [0.29, 0.717) is 19.4 Å². The molecule has 0 saturated heterocycles. The molecular weight excluding hydrogens is 230 g/mol. The molecule has 1 aromatic carbocycles. The zero-order chi connectivity index (χ0) is 13.2. The van der Waals surface area contributed by atoms with Gasteiger partial charge in [0.1, 0.15) is 5.41 Å². The summed E-state index contributed by atoms with van der Waals surface area (Å²) in [6, 6.07) is 9.73. The van der Waals surface area contributed by atoms with Crippen LogP contribution in [0.1, 0.15) is 18.4 Å². The molecule has 0 aliphatic heterocycles. The molecule has 0 aromatic heterocycles. The van der Waals surface area contributed by atoms with Crippen molar-refractivity contribution in [3.05, 3.63) is 35.9 Å². The van der Waals surface area contributed by atoms with Crippen LogP contribution in [0.2, 0.25) is 0 Å². The maximum atomic E-state index is 12.3. The molecule has 0 atom stereocenters. The highest BCUT2D eigenvalue weighted by Crippen LogP contribution is 2.47. The number of amidine groups is 1. The van der Waals surface area contributed by atoms with E-state index >= 15 is 0 Å². The Labute approximate surface area is 106 Å². The van der Waals surface area contributed by atoms with Crippen LogP contribution in [0.5, 0.6) is 0 Å². The Bertz CT molecular complexity index is 466. The predicted molar refractivity (Wildman–Crippen MR) is 68.0 cm³/mol. The van der Waals surface area contributed by atoms with Crippen LogP contribution in [-0.4, -0.2) is 28.9 Å². The van der Waals surface area contributed by atoms with Crippen LogP contribution in [0.4, 0.5) is 0 Å². The second kappa shape index (κ2) is 4.68. The SMILES string of the molecule is CN(Cc1ccccc1)C(=O)C1(/C(N)=N/O)CC1. The Morgan fingerprint density at radius 3 is 2.56 bits per heavy atom. The van der Waals surface area contributed by atoms with Crippen LogP contribution in [0, 0.1) is 5.41 Å². The van der Waals surface area contributed by atoms with E-state index in [0.717, 1.165) is 5.56 Å². The molecule has 1 amide bonds. The molecular formula is C13H17N3O2. The minimum absolute atomic E-state index is 0.0208. The second-order valence-corrected chi connectivity index (χ2v) is 4.71. The van der Waals surface area contributed by atoms with Gasteiger partial charge in [-0.1, -0.05) is 35.5 Å². The number of hydrogen-bond acceptors (Lipinski definition) is 3. The van der Waals surface area contributed by atoms with Gasteiger partial charge < -0.3 is 15.8 Å². The maximum Gasteiger partial charge on any atom is 0.236 e. The van der Waals surface area contributed by atoms with Gasteiger partial charge in [0.25, 0.3) is 0 Å². The van der Waals surface area contributed by atoms with E-state index in [9.17, 15) is 4.79 Å². The lowest BCUT2D eigenvalue weighted by atomic mass is 10.0. The fraction of sp³-hybridized carbons (Fsp3) is 0.385. The molecule has 5 heteroatoms. The Morgan fingerprint density at radius 2 is 2.06 bits per heavy atom. The summed E-state index contributed by atoms with van der Waals surface area (Å²) in [6.45, 7) is 0.528. The molecule has 0 spiro atoms. The first-order valence-corrected chi connectivity index (χ1v) is 5.87. The Morgan fingerprint density at radius 1 is 1.44 bits per heavy atom. The average molecular weight is 247 g/mol. The van der Waals surface area contributed by atoms with E-state index in [2.05, 4.69) is 5.16 Å². The summed E-state index contributed by atoms with van der Waals surface area (Å²) in [7, 11) is 1.74. The van der Waals surface area contributed by atoms with Crippen molar-refractivity contribution in [1.29, 1.82) is 0 Å². The topological polar surface area (TPSA) is 78.9 Å². The summed E-state index contributed by atoms with van der Waals surface area (Å²) in [4.78, 5) is 13.9. The van der Waals surface area contributed by atoms with E-state index in [1.807, 2.05) is 30.3 Å². The molecule has 2 rings (SSSR count). The van der Waals surface area contributed by atoms with Gasteiger partial charge in [-0.2, -0.15) is 0 Å². The summed E-state index contributed by atoms with van der Waals surface area (Å²) < 4.78 is 0. The van der Waals surface area contributed by atoms with E-state index in [1.165, 1.54) is 0 Å². The van der Waals surface area contributed by atoms with Gasteiger partial charge in [-0.15, -0.1) is 0 Å². The molecule has 96 valence electrons. The smallest absolute Gasteiger partial charge is 0.236 e. The van der Waals surface area contributed by atoms with E-state index in [4.69, 9.17) is 10.9 Å². The number of nitrogens with zero attached hydrogens (tertiary/aromatic N) is 2. The Hall–Kier alpha value is -2.04. The average Bonchev–Trinajstić information content (AvgIpc) is 3.19. The van der Waals surface area contributed by atoms with Gasteiger partial charge in [-0.05, 0) is 18.4 Å². The van der Waals surface area contributed by atoms with Gasteiger partial charge in [0.2, 0.25) is 5.91 Å².